The minimum absolute atomic E-state index is 0.0559. The quantitative estimate of drug-likeness (QED) is 0.0998. The van der Waals surface area contributed by atoms with Crippen LogP contribution in [0.2, 0.25) is 0 Å². The van der Waals surface area contributed by atoms with Crippen molar-refractivity contribution in [3.05, 3.63) is 150 Å². The molecule has 2 amide bonds. The Morgan fingerprint density at radius 2 is 1.43 bits per heavy atom. The number of aliphatic hydroxyl groups excluding tert-OH is 1. The lowest BCUT2D eigenvalue weighted by atomic mass is 9.94. The number of rotatable bonds is 15. The number of hydrogen-bond acceptors (Lipinski definition) is 7. The summed E-state index contributed by atoms with van der Waals surface area (Å²) in [6.07, 6.45) is 6.31. The molecule has 0 bridgehead atoms. The largest absolute Gasteiger partial charge is 0.489 e. The molecular weight excluding hydrogens is 668 g/mol. The number of cyclic esters (lactones) is 1. The Kier molecular flexibility index (Phi) is 15.7. The van der Waals surface area contributed by atoms with Crippen LogP contribution in [0.4, 0.5) is 0 Å². The van der Waals surface area contributed by atoms with E-state index in [2.05, 4.69) is 10.6 Å². The van der Waals surface area contributed by atoms with Crippen LogP contribution in [0, 0.1) is 11.8 Å². The van der Waals surface area contributed by atoms with Crippen LogP contribution in [-0.2, 0) is 49.9 Å². The fourth-order valence-electron chi connectivity index (χ4n) is 6.22. The van der Waals surface area contributed by atoms with Crippen molar-refractivity contribution < 1.29 is 33.7 Å². The van der Waals surface area contributed by atoms with Gasteiger partial charge in [-0.15, -0.1) is 0 Å². The highest BCUT2D eigenvalue weighted by Gasteiger charge is 2.27. The molecule has 53 heavy (non-hydrogen) atoms. The van der Waals surface area contributed by atoms with Gasteiger partial charge in [0.05, 0.1) is 43.7 Å². The summed E-state index contributed by atoms with van der Waals surface area (Å²) < 4.78 is 17.7. The average molecular weight is 719 g/mol. The van der Waals surface area contributed by atoms with Gasteiger partial charge in [0.25, 0.3) is 0 Å². The smallest absolute Gasteiger partial charge is 0.309 e. The zero-order chi connectivity index (χ0) is 37.1. The predicted molar refractivity (Wildman–Crippen MR) is 204 cm³/mol. The number of nitrogens with one attached hydrogen (secondary N) is 2. The third kappa shape index (κ3) is 13.7. The highest BCUT2D eigenvalue weighted by Crippen LogP contribution is 2.20. The van der Waals surface area contributed by atoms with Crippen LogP contribution in [0.3, 0.4) is 0 Å². The minimum atomic E-state index is -0.681. The SMILES string of the molecule is O=C(C[C@H]1CC=CCC[C@H](Cc2ccccc2)C(=O)OC[C@H](COCc2ccccc2)NC1=O)N[C@H](CO)Cc1ccc(OCc2ccccc2)cc1. The van der Waals surface area contributed by atoms with Crippen molar-refractivity contribution in [2.75, 3.05) is 19.8 Å². The van der Waals surface area contributed by atoms with Crippen LogP contribution in [0.1, 0.15) is 47.9 Å². The molecule has 9 heteroatoms. The molecule has 3 N–H and O–H groups in total. The lowest BCUT2D eigenvalue weighted by Gasteiger charge is -2.24. The average Bonchev–Trinajstić information content (AvgIpc) is 3.19. The van der Waals surface area contributed by atoms with Crippen LogP contribution in [0.5, 0.6) is 5.75 Å². The van der Waals surface area contributed by atoms with Crippen molar-refractivity contribution in [2.45, 2.75) is 63.8 Å². The molecule has 0 fully saturated rings. The van der Waals surface area contributed by atoms with E-state index >= 15 is 0 Å². The number of esters is 1. The summed E-state index contributed by atoms with van der Waals surface area (Å²) >= 11 is 0. The van der Waals surface area contributed by atoms with Crippen LogP contribution >= 0.6 is 0 Å². The van der Waals surface area contributed by atoms with E-state index in [1.165, 1.54) is 0 Å². The van der Waals surface area contributed by atoms with Gasteiger partial charge in [-0.2, -0.15) is 0 Å². The van der Waals surface area contributed by atoms with E-state index in [9.17, 15) is 19.5 Å². The second kappa shape index (κ2) is 21.3. The summed E-state index contributed by atoms with van der Waals surface area (Å²) in [5, 5.41) is 16.1. The van der Waals surface area contributed by atoms with Crippen molar-refractivity contribution in [1.29, 1.82) is 0 Å². The Bertz CT molecular complexity index is 1720. The second-order valence-electron chi connectivity index (χ2n) is 13.5. The molecule has 1 aliphatic heterocycles. The van der Waals surface area contributed by atoms with Gasteiger partial charge in [0.2, 0.25) is 11.8 Å². The van der Waals surface area contributed by atoms with Crippen LogP contribution in [0.15, 0.2) is 127 Å². The summed E-state index contributed by atoms with van der Waals surface area (Å²) in [5.41, 5.74) is 4.03. The van der Waals surface area contributed by atoms with Crippen LogP contribution in [0.25, 0.3) is 0 Å². The molecule has 0 aliphatic carbocycles. The number of allylic oxidation sites excluding steroid dienone is 2. The number of ether oxygens (including phenoxy) is 3. The fourth-order valence-corrected chi connectivity index (χ4v) is 6.22. The molecule has 4 aromatic carbocycles. The van der Waals surface area contributed by atoms with Gasteiger partial charge in [0.1, 0.15) is 19.0 Å². The topological polar surface area (TPSA) is 123 Å². The molecule has 0 aromatic heterocycles. The van der Waals surface area contributed by atoms with Gasteiger partial charge >= 0.3 is 5.97 Å². The first-order valence-electron chi connectivity index (χ1n) is 18.4. The van der Waals surface area contributed by atoms with Gasteiger partial charge < -0.3 is 30.0 Å². The fraction of sp³-hybridized carbons (Fsp3) is 0.341. The Labute approximate surface area is 312 Å². The molecule has 4 atom stereocenters. The van der Waals surface area contributed by atoms with Crippen molar-refractivity contribution in [3.63, 3.8) is 0 Å². The molecule has 5 rings (SSSR count). The molecule has 0 radical (unpaired) electrons. The third-order valence-corrected chi connectivity index (χ3v) is 9.17. The lowest BCUT2D eigenvalue weighted by Crippen LogP contribution is -2.46. The summed E-state index contributed by atoms with van der Waals surface area (Å²) in [6, 6.07) is 35.9. The van der Waals surface area contributed by atoms with E-state index in [1.54, 1.807) is 0 Å². The summed E-state index contributed by atoms with van der Waals surface area (Å²) in [5.74, 6) is -1.29. The molecule has 0 unspecified atom stereocenters. The maximum Gasteiger partial charge on any atom is 0.309 e. The Balaban J connectivity index is 1.20. The maximum absolute atomic E-state index is 13.7. The van der Waals surface area contributed by atoms with Gasteiger partial charge in [-0.3, -0.25) is 14.4 Å². The molecule has 1 heterocycles. The summed E-state index contributed by atoms with van der Waals surface area (Å²) in [6.45, 7) is 0.596. The van der Waals surface area contributed by atoms with Gasteiger partial charge in [-0.1, -0.05) is 115 Å². The molecule has 0 spiro atoms. The molecule has 4 aromatic rings. The number of amides is 2. The molecule has 1 aliphatic rings. The van der Waals surface area contributed by atoms with E-state index in [0.29, 0.717) is 45.3 Å². The Morgan fingerprint density at radius 3 is 2.09 bits per heavy atom. The second-order valence-corrected chi connectivity index (χ2v) is 13.5. The van der Waals surface area contributed by atoms with Gasteiger partial charge in [-0.05, 0) is 66.5 Å². The number of hydrogen-bond donors (Lipinski definition) is 3. The molecule has 278 valence electrons. The number of aliphatic hydroxyl groups is 1. The van der Waals surface area contributed by atoms with E-state index in [1.807, 2.05) is 127 Å². The highest BCUT2D eigenvalue weighted by molar-refractivity contribution is 5.86. The monoisotopic (exact) mass is 718 g/mol. The zero-order valence-corrected chi connectivity index (χ0v) is 30.1. The van der Waals surface area contributed by atoms with Crippen molar-refractivity contribution in [3.8, 4) is 5.75 Å². The third-order valence-electron chi connectivity index (χ3n) is 9.17. The van der Waals surface area contributed by atoms with Crippen molar-refractivity contribution >= 4 is 17.8 Å². The van der Waals surface area contributed by atoms with Gasteiger partial charge in [-0.25, -0.2) is 0 Å². The first-order chi connectivity index (χ1) is 25.9. The van der Waals surface area contributed by atoms with E-state index < -0.39 is 18.0 Å². The first-order valence-corrected chi connectivity index (χ1v) is 18.4. The summed E-state index contributed by atoms with van der Waals surface area (Å²) in [7, 11) is 0. The van der Waals surface area contributed by atoms with E-state index in [-0.39, 0.29) is 49.9 Å². The molecule has 0 saturated carbocycles. The van der Waals surface area contributed by atoms with Gasteiger partial charge in [0, 0.05) is 6.42 Å². The minimum Gasteiger partial charge on any atom is -0.489 e. The highest BCUT2D eigenvalue weighted by atomic mass is 16.5. The molecule has 9 nitrogen and oxygen atoms in total. The number of carbonyl (C=O) groups is 3. The Hall–Kier alpha value is -5.25. The Morgan fingerprint density at radius 1 is 0.792 bits per heavy atom. The number of carbonyl (C=O) groups excluding carboxylic acids is 3. The van der Waals surface area contributed by atoms with Gasteiger partial charge in [0.15, 0.2) is 0 Å². The van der Waals surface area contributed by atoms with Crippen LogP contribution in [-0.4, -0.2) is 54.8 Å². The standard InChI is InChI=1S/C44H50N2O7/c47-28-39(26-34-21-23-41(24-22-34)52-30-36-17-9-3-10-18-36)45-42(48)27-37-19-11-4-12-20-38(25-33-13-5-1-6-14-33)44(50)53-32-40(46-43(37)49)31-51-29-35-15-7-2-8-16-35/h1-11,13-18,21-24,37-40,47H,12,19-20,25-32H2,(H,45,48)(H,46,49)/t37-,38-,39+,40+/m1/s1. The predicted octanol–water partition coefficient (Wildman–Crippen LogP) is 6.14. The molecular formula is C44H50N2O7. The number of benzene rings is 4. The lowest BCUT2D eigenvalue weighted by molar-refractivity contribution is -0.150. The molecule has 0 saturated heterocycles. The van der Waals surface area contributed by atoms with E-state index in [0.717, 1.165) is 28.0 Å². The van der Waals surface area contributed by atoms with Crippen LogP contribution < -0.4 is 15.4 Å². The zero-order valence-electron chi connectivity index (χ0n) is 30.1. The van der Waals surface area contributed by atoms with Crippen molar-refractivity contribution in [2.24, 2.45) is 11.8 Å². The summed E-state index contributed by atoms with van der Waals surface area (Å²) in [4.78, 5) is 40.4. The maximum atomic E-state index is 13.7. The van der Waals surface area contributed by atoms with E-state index in [4.69, 9.17) is 14.2 Å². The first kappa shape index (κ1) is 39.0. The van der Waals surface area contributed by atoms with Crippen molar-refractivity contribution in [1.82, 2.24) is 10.6 Å². The normalized spacial score (nSPS) is 18.7.